The summed E-state index contributed by atoms with van der Waals surface area (Å²) < 4.78 is 29.1. The topological polar surface area (TPSA) is 46.5 Å². The van der Waals surface area contributed by atoms with Crippen LogP contribution in [0.25, 0.3) is 0 Å². The van der Waals surface area contributed by atoms with Crippen LogP contribution in [0.15, 0.2) is 0 Å². The Hall–Kier alpha value is 0.580. The summed E-state index contributed by atoms with van der Waals surface area (Å²) in [4.78, 5) is 0. The molecule has 0 bridgehead atoms. The Morgan fingerprint density at radius 3 is 2.12 bits per heavy atom. The van der Waals surface area contributed by atoms with Gasteiger partial charge in [0.15, 0.2) is 0 Å². The van der Waals surface area contributed by atoms with Gasteiger partial charge in [0.2, 0.25) is 0 Å². The molecular weight excluding hydrogens is 182 g/mol. The molecular formula is CHCl2FO3S. The second kappa shape index (κ2) is 2.93. The maximum atomic E-state index is 11.6. The molecule has 1 N–H and O–H groups in total. The van der Waals surface area contributed by atoms with Crippen LogP contribution < -0.4 is 0 Å². The second-order valence-electron chi connectivity index (χ2n) is 0.746. The Kier molecular flexibility index (Phi) is 3.14. The molecule has 1 atom stereocenters. The third-order valence-corrected chi connectivity index (χ3v) is 0.875. The van der Waals surface area contributed by atoms with E-state index in [9.17, 15) is 8.60 Å². The van der Waals surface area contributed by atoms with Gasteiger partial charge in [-0.25, -0.2) is 0 Å². The molecule has 50 valence electrons. The molecule has 0 aromatic heterocycles. The third kappa shape index (κ3) is 6.58. The van der Waals surface area contributed by atoms with Crippen LogP contribution in [0, 0.1) is 0 Å². The summed E-state index contributed by atoms with van der Waals surface area (Å²) in [5.41, 5.74) is 0. The van der Waals surface area contributed by atoms with E-state index in [1.807, 2.05) is 0 Å². The van der Waals surface area contributed by atoms with E-state index in [0.29, 0.717) is 0 Å². The van der Waals surface area contributed by atoms with Gasteiger partial charge in [-0.05, 0) is 23.2 Å². The average molecular weight is 183 g/mol. The summed E-state index contributed by atoms with van der Waals surface area (Å²) in [5.74, 6) is 0. The normalized spacial score (nSPS) is 16.0. The lowest BCUT2D eigenvalue weighted by Crippen LogP contribution is -2.11. The van der Waals surface area contributed by atoms with Crippen molar-refractivity contribution >= 4 is 34.6 Å². The zero-order chi connectivity index (χ0) is 6.78. The fraction of sp³-hybridized carbons (Fsp3) is 1.00. The van der Waals surface area contributed by atoms with E-state index < -0.39 is 16.1 Å². The summed E-state index contributed by atoms with van der Waals surface area (Å²) in [6.45, 7) is 0. The van der Waals surface area contributed by atoms with Crippen LogP contribution in [0.5, 0.6) is 0 Å². The van der Waals surface area contributed by atoms with Gasteiger partial charge in [0.05, 0.1) is 0 Å². The van der Waals surface area contributed by atoms with E-state index in [4.69, 9.17) is 4.55 Å². The van der Waals surface area contributed by atoms with Crippen molar-refractivity contribution in [2.75, 3.05) is 0 Å². The first kappa shape index (κ1) is 8.58. The van der Waals surface area contributed by atoms with Crippen LogP contribution >= 0.6 is 23.2 Å². The maximum absolute atomic E-state index is 11.6. The van der Waals surface area contributed by atoms with Gasteiger partial charge >= 0.3 is 16.1 Å². The molecule has 0 aliphatic carbocycles. The number of rotatable bonds is 2. The van der Waals surface area contributed by atoms with Crippen molar-refractivity contribution in [3.05, 3.63) is 0 Å². The average Bonchev–Trinajstić information content (AvgIpc) is 1.21. The van der Waals surface area contributed by atoms with Gasteiger partial charge in [-0.2, -0.15) is 12.8 Å². The summed E-state index contributed by atoms with van der Waals surface area (Å²) in [6.07, 6.45) is 0. The highest BCUT2D eigenvalue weighted by Crippen LogP contribution is 2.24. The molecule has 3 nitrogen and oxygen atoms in total. The van der Waals surface area contributed by atoms with Gasteiger partial charge in [-0.1, -0.05) is 0 Å². The van der Waals surface area contributed by atoms with Gasteiger partial charge in [0.25, 0.3) is 0 Å². The predicted molar refractivity (Wildman–Crippen MR) is 27.4 cm³/mol. The fourth-order valence-electron chi connectivity index (χ4n) is 0.0808. The van der Waals surface area contributed by atoms with Crippen molar-refractivity contribution in [3.8, 4) is 0 Å². The monoisotopic (exact) mass is 182 g/mol. The zero-order valence-electron chi connectivity index (χ0n) is 3.31. The molecule has 0 aliphatic heterocycles. The van der Waals surface area contributed by atoms with E-state index in [1.54, 1.807) is 0 Å². The van der Waals surface area contributed by atoms with Crippen molar-refractivity contribution in [1.82, 2.24) is 0 Å². The Labute approximate surface area is 57.2 Å². The first-order valence-corrected chi connectivity index (χ1v) is 3.07. The second-order valence-corrected chi connectivity index (χ2v) is 2.51. The van der Waals surface area contributed by atoms with E-state index in [2.05, 4.69) is 27.4 Å². The predicted octanol–water partition coefficient (Wildman–Crippen LogP) is 1.20. The molecule has 7 heteroatoms. The molecule has 0 aromatic carbocycles. The van der Waals surface area contributed by atoms with Crippen molar-refractivity contribution in [1.29, 1.82) is 0 Å². The minimum atomic E-state index is -3.08. The van der Waals surface area contributed by atoms with Crippen LogP contribution in [0.2, 0.25) is 0 Å². The smallest absolute Gasteiger partial charge is 0.284 e. The van der Waals surface area contributed by atoms with Crippen LogP contribution in [-0.4, -0.2) is 13.5 Å². The highest BCUT2D eigenvalue weighted by Gasteiger charge is 2.26. The quantitative estimate of drug-likeness (QED) is 0.516. The molecule has 8 heavy (non-hydrogen) atoms. The number of hydrogen-bond donors (Lipinski definition) is 1. The van der Waals surface area contributed by atoms with Crippen molar-refractivity contribution in [2.45, 2.75) is 4.77 Å². The van der Waals surface area contributed by atoms with Crippen LogP contribution in [0.4, 0.5) is 4.39 Å². The van der Waals surface area contributed by atoms with Crippen LogP contribution in [0.1, 0.15) is 0 Å². The fourth-order valence-corrected chi connectivity index (χ4v) is 0.566. The maximum Gasteiger partial charge on any atom is 0.381 e. The first-order valence-electron chi connectivity index (χ1n) is 1.29. The van der Waals surface area contributed by atoms with Crippen molar-refractivity contribution in [3.63, 3.8) is 0 Å². The third-order valence-electron chi connectivity index (χ3n) is 0.166. The van der Waals surface area contributed by atoms with E-state index >= 15 is 0 Å². The molecule has 0 heterocycles. The van der Waals surface area contributed by atoms with E-state index in [1.165, 1.54) is 0 Å². The van der Waals surface area contributed by atoms with Gasteiger partial charge in [0, 0.05) is 0 Å². The van der Waals surface area contributed by atoms with Crippen LogP contribution in [0.3, 0.4) is 0 Å². The van der Waals surface area contributed by atoms with Gasteiger partial charge in [0.1, 0.15) is 0 Å². The Bertz CT molecular complexity index is 99.9. The molecule has 0 fully saturated rings. The number of hydrogen-bond acceptors (Lipinski definition) is 2. The summed E-state index contributed by atoms with van der Waals surface area (Å²) in [6, 6.07) is 0. The molecule has 0 amide bonds. The number of alkyl halides is 3. The summed E-state index contributed by atoms with van der Waals surface area (Å²) >= 11 is 6.13. The Balaban J connectivity index is 3.55. The number of halogens is 3. The zero-order valence-corrected chi connectivity index (χ0v) is 5.63. The van der Waals surface area contributed by atoms with E-state index in [0.717, 1.165) is 0 Å². The largest absolute Gasteiger partial charge is 0.381 e. The molecule has 0 aromatic rings. The van der Waals surface area contributed by atoms with Gasteiger partial charge < -0.3 is 0 Å². The van der Waals surface area contributed by atoms with Crippen LogP contribution in [-0.2, 0) is 15.5 Å². The lowest BCUT2D eigenvalue weighted by molar-refractivity contribution is 0.108. The highest BCUT2D eigenvalue weighted by molar-refractivity contribution is 7.74. The standard InChI is InChI=1S/CHCl2FO3S/c2-1(3,4)7-8(5)6/h(H,5,6). The van der Waals surface area contributed by atoms with Crippen molar-refractivity contribution < 1.29 is 17.3 Å². The highest BCUT2D eigenvalue weighted by atomic mass is 35.5. The van der Waals surface area contributed by atoms with E-state index in [-0.39, 0.29) is 0 Å². The molecule has 0 rings (SSSR count). The Morgan fingerprint density at radius 2 is 2.12 bits per heavy atom. The SMILES string of the molecule is O=S(O)OC(F)(Cl)Cl. The molecule has 0 saturated carbocycles. The molecule has 0 spiro atoms. The van der Waals surface area contributed by atoms with Crippen molar-refractivity contribution in [2.24, 2.45) is 0 Å². The molecule has 1 unspecified atom stereocenters. The van der Waals surface area contributed by atoms with Gasteiger partial charge in [-0.15, -0.1) is 0 Å². The molecule has 0 aliphatic rings. The molecule has 0 saturated heterocycles. The minimum Gasteiger partial charge on any atom is -0.284 e. The lowest BCUT2D eigenvalue weighted by atomic mass is 11.6. The minimum absolute atomic E-state index is 2.77. The summed E-state index contributed by atoms with van der Waals surface area (Å²) in [5, 5.41) is 0. The molecule has 0 radical (unpaired) electrons. The summed E-state index contributed by atoms with van der Waals surface area (Å²) in [7, 11) is 0. The lowest BCUT2D eigenvalue weighted by Gasteiger charge is -2.03. The van der Waals surface area contributed by atoms with Gasteiger partial charge in [-0.3, -0.25) is 4.55 Å². The Morgan fingerprint density at radius 1 is 1.75 bits per heavy atom. The first-order chi connectivity index (χ1) is 3.42.